The summed E-state index contributed by atoms with van der Waals surface area (Å²) in [6.07, 6.45) is 2.35. The number of rotatable bonds is 5. The minimum Gasteiger partial charge on any atom is -0.338 e. The highest BCUT2D eigenvalue weighted by Crippen LogP contribution is 2.27. The van der Waals surface area contributed by atoms with E-state index < -0.39 is 0 Å². The quantitative estimate of drug-likeness (QED) is 0.780. The van der Waals surface area contributed by atoms with Gasteiger partial charge in [-0.05, 0) is 43.4 Å². The van der Waals surface area contributed by atoms with Gasteiger partial charge in [-0.15, -0.1) is 0 Å². The van der Waals surface area contributed by atoms with E-state index in [2.05, 4.69) is 16.0 Å². The number of nitrogens with one attached hydrogen (secondary N) is 3. The molecule has 108 valence electrons. The highest BCUT2D eigenvalue weighted by Gasteiger charge is 2.21. The molecule has 3 amide bonds. The molecule has 1 aromatic carbocycles. The molecule has 0 bridgehead atoms. The highest BCUT2D eigenvalue weighted by molar-refractivity contribution is 6.31. The molecule has 0 aliphatic heterocycles. The average molecular weight is 296 g/mol. The molecule has 1 aliphatic carbocycles. The molecule has 0 unspecified atom stereocenters. The van der Waals surface area contributed by atoms with Gasteiger partial charge in [-0.3, -0.25) is 4.79 Å². The molecule has 0 atom stereocenters. The number of carbonyl (C=O) groups excluding carboxylic acids is 2. The topological polar surface area (TPSA) is 70.2 Å². The SMILES string of the molecule is Cc1c(Cl)cccc1NC(=O)CNC(=O)NCC1CC1. The van der Waals surface area contributed by atoms with Crippen LogP contribution in [0.4, 0.5) is 10.5 Å². The fourth-order valence-corrected chi connectivity index (χ4v) is 1.89. The second kappa shape index (κ2) is 6.61. The summed E-state index contributed by atoms with van der Waals surface area (Å²) < 4.78 is 0. The first-order chi connectivity index (χ1) is 9.56. The Morgan fingerprint density at radius 3 is 2.75 bits per heavy atom. The monoisotopic (exact) mass is 295 g/mol. The molecule has 6 heteroatoms. The zero-order valence-electron chi connectivity index (χ0n) is 11.3. The summed E-state index contributed by atoms with van der Waals surface area (Å²) in [6.45, 7) is 2.44. The average Bonchev–Trinajstić information content (AvgIpc) is 3.23. The molecular weight excluding hydrogens is 278 g/mol. The summed E-state index contributed by atoms with van der Waals surface area (Å²) in [6, 6.07) is 4.98. The second-order valence-corrected chi connectivity index (χ2v) is 5.37. The predicted molar refractivity (Wildman–Crippen MR) is 78.9 cm³/mol. The number of anilines is 1. The van der Waals surface area contributed by atoms with E-state index in [0.29, 0.717) is 23.2 Å². The van der Waals surface area contributed by atoms with Crippen LogP contribution in [0.1, 0.15) is 18.4 Å². The molecule has 0 saturated heterocycles. The number of carbonyl (C=O) groups is 2. The Morgan fingerprint density at radius 2 is 2.05 bits per heavy atom. The molecule has 1 fully saturated rings. The van der Waals surface area contributed by atoms with E-state index in [4.69, 9.17) is 11.6 Å². The first-order valence-electron chi connectivity index (χ1n) is 6.63. The van der Waals surface area contributed by atoms with Gasteiger partial charge in [0.15, 0.2) is 0 Å². The number of halogens is 1. The number of hydrogen-bond acceptors (Lipinski definition) is 2. The first-order valence-corrected chi connectivity index (χ1v) is 7.00. The highest BCUT2D eigenvalue weighted by atomic mass is 35.5. The van der Waals surface area contributed by atoms with E-state index >= 15 is 0 Å². The van der Waals surface area contributed by atoms with Gasteiger partial charge in [-0.2, -0.15) is 0 Å². The van der Waals surface area contributed by atoms with Crippen LogP contribution < -0.4 is 16.0 Å². The smallest absolute Gasteiger partial charge is 0.315 e. The molecule has 5 nitrogen and oxygen atoms in total. The maximum Gasteiger partial charge on any atom is 0.315 e. The van der Waals surface area contributed by atoms with Crippen LogP contribution in [-0.2, 0) is 4.79 Å². The van der Waals surface area contributed by atoms with Gasteiger partial charge in [0.2, 0.25) is 5.91 Å². The lowest BCUT2D eigenvalue weighted by Gasteiger charge is -2.10. The van der Waals surface area contributed by atoms with Crippen LogP contribution in [0.5, 0.6) is 0 Å². The number of urea groups is 1. The summed E-state index contributed by atoms with van der Waals surface area (Å²) in [4.78, 5) is 23.2. The van der Waals surface area contributed by atoms with Crippen molar-refractivity contribution in [2.45, 2.75) is 19.8 Å². The molecule has 20 heavy (non-hydrogen) atoms. The van der Waals surface area contributed by atoms with Gasteiger partial charge in [0.1, 0.15) is 0 Å². The van der Waals surface area contributed by atoms with Crippen molar-refractivity contribution in [3.63, 3.8) is 0 Å². The van der Waals surface area contributed by atoms with E-state index in [1.165, 1.54) is 12.8 Å². The third-order valence-corrected chi connectivity index (χ3v) is 3.61. The molecule has 0 aromatic heterocycles. The van der Waals surface area contributed by atoms with Gasteiger partial charge in [0.05, 0.1) is 6.54 Å². The van der Waals surface area contributed by atoms with Crippen molar-refractivity contribution in [3.05, 3.63) is 28.8 Å². The minimum absolute atomic E-state index is 0.0670. The zero-order valence-corrected chi connectivity index (χ0v) is 12.1. The van der Waals surface area contributed by atoms with E-state index in [1.54, 1.807) is 18.2 Å². The fourth-order valence-electron chi connectivity index (χ4n) is 1.72. The van der Waals surface area contributed by atoms with Gasteiger partial charge in [-0.1, -0.05) is 17.7 Å². The summed E-state index contributed by atoms with van der Waals surface area (Å²) in [5, 5.41) is 8.57. The zero-order chi connectivity index (χ0) is 14.5. The molecule has 1 aliphatic rings. The van der Waals surface area contributed by atoms with Crippen molar-refractivity contribution < 1.29 is 9.59 Å². The Kier molecular flexibility index (Phi) is 4.84. The predicted octanol–water partition coefficient (Wildman–Crippen LogP) is 2.30. The Balaban J connectivity index is 1.74. The lowest BCUT2D eigenvalue weighted by Crippen LogP contribution is -2.40. The fraction of sp³-hybridized carbons (Fsp3) is 0.429. The Morgan fingerprint density at radius 1 is 1.30 bits per heavy atom. The molecule has 3 N–H and O–H groups in total. The van der Waals surface area contributed by atoms with Crippen molar-refractivity contribution in [3.8, 4) is 0 Å². The van der Waals surface area contributed by atoms with Crippen molar-refractivity contribution in [1.29, 1.82) is 0 Å². The van der Waals surface area contributed by atoms with Crippen molar-refractivity contribution >= 4 is 29.2 Å². The van der Waals surface area contributed by atoms with Gasteiger partial charge in [0.25, 0.3) is 0 Å². The van der Waals surface area contributed by atoms with Gasteiger partial charge in [-0.25, -0.2) is 4.79 Å². The summed E-state index contributed by atoms with van der Waals surface area (Å²) in [5.74, 6) is 0.334. The van der Waals surface area contributed by atoms with E-state index in [9.17, 15) is 9.59 Å². The summed E-state index contributed by atoms with van der Waals surface area (Å²) >= 11 is 5.97. The van der Waals surface area contributed by atoms with E-state index in [0.717, 1.165) is 5.56 Å². The lowest BCUT2D eigenvalue weighted by atomic mass is 10.2. The van der Waals surface area contributed by atoms with Gasteiger partial charge in [0, 0.05) is 17.3 Å². The standard InChI is InChI=1S/C14H18ClN3O2/c1-9-11(15)3-2-4-12(9)18-13(19)8-17-14(20)16-7-10-5-6-10/h2-4,10H,5-8H2,1H3,(H,18,19)(H2,16,17,20). The van der Waals surface area contributed by atoms with Crippen LogP contribution in [0.15, 0.2) is 18.2 Å². The number of hydrogen-bond donors (Lipinski definition) is 3. The number of benzene rings is 1. The Labute approximate surface area is 123 Å². The molecule has 0 spiro atoms. The maximum absolute atomic E-state index is 11.7. The van der Waals surface area contributed by atoms with Crippen molar-refractivity contribution in [2.75, 3.05) is 18.4 Å². The maximum atomic E-state index is 11.7. The van der Waals surface area contributed by atoms with Crippen LogP contribution in [0.25, 0.3) is 0 Å². The van der Waals surface area contributed by atoms with Crippen LogP contribution in [0.2, 0.25) is 5.02 Å². The van der Waals surface area contributed by atoms with Crippen molar-refractivity contribution in [1.82, 2.24) is 10.6 Å². The van der Waals surface area contributed by atoms with Crippen LogP contribution in [0, 0.1) is 12.8 Å². The number of amides is 3. The van der Waals surface area contributed by atoms with Crippen LogP contribution in [0.3, 0.4) is 0 Å². The van der Waals surface area contributed by atoms with E-state index in [-0.39, 0.29) is 18.5 Å². The second-order valence-electron chi connectivity index (χ2n) is 4.97. The molecular formula is C14H18ClN3O2. The molecule has 2 rings (SSSR count). The Bertz CT molecular complexity index is 515. The lowest BCUT2D eigenvalue weighted by molar-refractivity contribution is -0.115. The third kappa shape index (κ3) is 4.42. The van der Waals surface area contributed by atoms with Crippen LogP contribution >= 0.6 is 11.6 Å². The molecule has 0 radical (unpaired) electrons. The third-order valence-electron chi connectivity index (χ3n) is 3.20. The largest absolute Gasteiger partial charge is 0.338 e. The van der Waals surface area contributed by atoms with Crippen LogP contribution in [-0.4, -0.2) is 25.0 Å². The Hall–Kier alpha value is -1.75. The van der Waals surface area contributed by atoms with Gasteiger partial charge < -0.3 is 16.0 Å². The summed E-state index contributed by atoms with van der Waals surface area (Å²) in [7, 11) is 0. The molecule has 0 heterocycles. The first kappa shape index (κ1) is 14.7. The molecule has 1 aromatic rings. The summed E-state index contributed by atoms with van der Waals surface area (Å²) in [5.41, 5.74) is 1.46. The minimum atomic E-state index is -0.310. The van der Waals surface area contributed by atoms with Gasteiger partial charge >= 0.3 is 6.03 Å². The van der Waals surface area contributed by atoms with Crippen molar-refractivity contribution in [2.24, 2.45) is 5.92 Å². The van der Waals surface area contributed by atoms with E-state index in [1.807, 2.05) is 6.92 Å². The molecule has 1 saturated carbocycles. The normalized spacial score (nSPS) is 13.7.